The van der Waals surface area contributed by atoms with Crippen molar-refractivity contribution in [3.8, 4) is 5.75 Å². The van der Waals surface area contributed by atoms with Crippen LogP contribution in [0.25, 0.3) is 16.6 Å². The molecule has 2 unspecified atom stereocenters. The van der Waals surface area contributed by atoms with Crippen LogP contribution in [0.4, 0.5) is 10.5 Å². The molecule has 1 aliphatic heterocycles. The molecule has 12 nitrogen and oxygen atoms in total. The number of β-amino-alcohol motifs (C(OH)–C–C–N with tert-alkyl or cyclic N) is 1. The fourth-order valence-corrected chi connectivity index (χ4v) is 5.53. The van der Waals surface area contributed by atoms with E-state index in [4.69, 9.17) is 14.6 Å². The number of likely N-dealkylation sites (tertiary alicyclic amines) is 1. The van der Waals surface area contributed by atoms with Crippen molar-refractivity contribution in [1.29, 1.82) is 0 Å². The van der Waals surface area contributed by atoms with Crippen LogP contribution in [-0.4, -0.2) is 77.1 Å². The zero-order valence-corrected chi connectivity index (χ0v) is 26.0. The van der Waals surface area contributed by atoms with Gasteiger partial charge in [-0.25, -0.2) is 9.78 Å². The molecular formula is C33H37N7O5. The molecule has 1 aliphatic rings. The highest BCUT2D eigenvalue weighted by Crippen LogP contribution is 2.29. The largest absolute Gasteiger partial charge is 0.486 e. The van der Waals surface area contributed by atoms with Gasteiger partial charge in [0.15, 0.2) is 0 Å². The molecule has 0 aliphatic carbocycles. The van der Waals surface area contributed by atoms with Crippen molar-refractivity contribution in [1.82, 2.24) is 29.0 Å². The highest BCUT2D eigenvalue weighted by Gasteiger charge is 2.37. The lowest BCUT2D eigenvalue weighted by Gasteiger charge is -2.24. The van der Waals surface area contributed by atoms with Crippen molar-refractivity contribution >= 4 is 34.2 Å². The third-order valence-corrected chi connectivity index (χ3v) is 7.58. The average molecular weight is 612 g/mol. The number of carbonyl (C=O) groups is 2. The molecule has 5 aromatic rings. The van der Waals surface area contributed by atoms with Crippen LogP contribution in [-0.2, 0) is 17.7 Å². The van der Waals surface area contributed by atoms with E-state index in [0.29, 0.717) is 35.7 Å². The van der Waals surface area contributed by atoms with Gasteiger partial charge in [-0.15, -0.1) is 0 Å². The van der Waals surface area contributed by atoms with E-state index in [1.807, 2.05) is 54.9 Å². The minimum absolute atomic E-state index is 0.115. The number of fused-ring (bicyclic) bond motifs is 2. The standard InChI is InChI=1S/C33H37N7O5/c1-6-23-30-24(11-8-12-25(30)40(37-23)17-21-10-7-9-20(2)35-21)36-31(42)26-16-34-29-15-22(13-14-39(26)29)44-28-19-38(18-27(28)41)32(43)45-33(3,4)5/h7-16,27-28,41H,6,17-19H2,1-5H3,(H,36,42). The zero-order valence-electron chi connectivity index (χ0n) is 26.0. The van der Waals surface area contributed by atoms with Gasteiger partial charge in [-0.2, -0.15) is 5.10 Å². The number of aliphatic hydroxyl groups is 1. The molecule has 12 heteroatoms. The molecule has 0 spiro atoms. The van der Waals surface area contributed by atoms with E-state index in [9.17, 15) is 14.7 Å². The van der Waals surface area contributed by atoms with E-state index in [0.717, 1.165) is 28.0 Å². The van der Waals surface area contributed by atoms with Crippen molar-refractivity contribution in [3.05, 3.63) is 83.7 Å². The molecule has 45 heavy (non-hydrogen) atoms. The summed E-state index contributed by atoms with van der Waals surface area (Å²) in [6.07, 6.45) is 1.91. The highest BCUT2D eigenvalue weighted by atomic mass is 16.6. The maximum atomic E-state index is 13.6. The topological polar surface area (TPSA) is 136 Å². The predicted molar refractivity (Wildman–Crippen MR) is 169 cm³/mol. The number of ether oxygens (including phenoxy) is 2. The van der Waals surface area contributed by atoms with Crippen molar-refractivity contribution in [3.63, 3.8) is 0 Å². The van der Waals surface area contributed by atoms with Crippen LogP contribution in [0, 0.1) is 6.92 Å². The summed E-state index contributed by atoms with van der Waals surface area (Å²) in [4.78, 5) is 36.5. The summed E-state index contributed by atoms with van der Waals surface area (Å²) in [6.45, 7) is 10.2. The number of amides is 2. The monoisotopic (exact) mass is 611 g/mol. The van der Waals surface area contributed by atoms with Gasteiger partial charge >= 0.3 is 6.09 Å². The van der Waals surface area contributed by atoms with E-state index in [2.05, 4.69) is 15.3 Å². The molecule has 0 saturated carbocycles. The van der Waals surface area contributed by atoms with Gasteiger partial charge in [0.1, 0.15) is 34.9 Å². The number of anilines is 1. The fraction of sp³-hybridized carbons (Fsp3) is 0.364. The number of nitrogens with zero attached hydrogens (tertiary/aromatic N) is 6. The first kappa shape index (κ1) is 30.1. The third-order valence-electron chi connectivity index (χ3n) is 7.58. The summed E-state index contributed by atoms with van der Waals surface area (Å²) < 4.78 is 15.1. The molecule has 2 amide bonds. The Bertz CT molecular complexity index is 1890. The number of aromatic nitrogens is 5. The molecule has 1 fully saturated rings. The second-order valence-electron chi connectivity index (χ2n) is 12.2. The Morgan fingerprint density at radius 2 is 1.91 bits per heavy atom. The van der Waals surface area contributed by atoms with Gasteiger partial charge in [0, 0.05) is 23.3 Å². The van der Waals surface area contributed by atoms with Crippen molar-refractivity contribution in [2.45, 2.75) is 65.4 Å². The van der Waals surface area contributed by atoms with E-state index >= 15 is 0 Å². The summed E-state index contributed by atoms with van der Waals surface area (Å²) in [7, 11) is 0. The van der Waals surface area contributed by atoms with E-state index < -0.39 is 23.9 Å². The predicted octanol–water partition coefficient (Wildman–Crippen LogP) is 4.61. The highest BCUT2D eigenvalue weighted by molar-refractivity contribution is 6.08. The molecule has 2 atom stereocenters. The third kappa shape index (κ3) is 6.32. The minimum Gasteiger partial charge on any atom is -0.486 e. The second-order valence-corrected chi connectivity index (χ2v) is 12.2. The number of aryl methyl sites for hydroxylation is 2. The summed E-state index contributed by atoms with van der Waals surface area (Å²) in [5.41, 5.74) is 4.52. The molecule has 234 valence electrons. The summed E-state index contributed by atoms with van der Waals surface area (Å²) in [5, 5.41) is 19.3. The smallest absolute Gasteiger partial charge is 0.410 e. The maximum absolute atomic E-state index is 13.6. The van der Waals surface area contributed by atoms with Crippen LogP contribution in [0.3, 0.4) is 0 Å². The number of carbonyl (C=O) groups excluding carboxylic acids is 2. The molecule has 2 N–H and O–H groups in total. The Morgan fingerprint density at radius 1 is 1.11 bits per heavy atom. The van der Waals surface area contributed by atoms with E-state index in [1.165, 1.54) is 11.1 Å². The first-order valence-electron chi connectivity index (χ1n) is 15.0. The van der Waals surface area contributed by atoms with Gasteiger partial charge in [0.25, 0.3) is 5.91 Å². The normalized spacial score (nSPS) is 16.8. The molecule has 4 aromatic heterocycles. The lowest BCUT2D eigenvalue weighted by atomic mass is 10.1. The van der Waals surface area contributed by atoms with Gasteiger partial charge in [-0.05, 0) is 64.4 Å². The van der Waals surface area contributed by atoms with Crippen LogP contribution < -0.4 is 10.1 Å². The van der Waals surface area contributed by atoms with Gasteiger partial charge < -0.3 is 24.8 Å². The Hall–Kier alpha value is -4.97. The van der Waals surface area contributed by atoms with Crippen LogP contribution >= 0.6 is 0 Å². The van der Waals surface area contributed by atoms with Crippen LogP contribution in [0.5, 0.6) is 5.75 Å². The first-order chi connectivity index (χ1) is 21.5. The van der Waals surface area contributed by atoms with Crippen molar-refractivity contribution in [2.24, 2.45) is 0 Å². The van der Waals surface area contributed by atoms with Crippen LogP contribution in [0.15, 0.2) is 60.9 Å². The van der Waals surface area contributed by atoms with E-state index in [1.54, 1.807) is 43.5 Å². The number of rotatable bonds is 7. The molecule has 0 bridgehead atoms. The number of benzene rings is 1. The van der Waals surface area contributed by atoms with Gasteiger partial charge in [0.2, 0.25) is 0 Å². The summed E-state index contributed by atoms with van der Waals surface area (Å²) >= 11 is 0. The Morgan fingerprint density at radius 3 is 2.67 bits per heavy atom. The van der Waals surface area contributed by atoms with Gasteiger partial charge in [0.05, 0.1) is 48.4 Å². The Labute approximate surface area is 260 Å². The van der Waals surface area contributed by atoms with Gasteiger partial charge in [-0.1, -0.05) is 19.1 Å². The summed E-state index contributed by atoms with van der Waals surface area (Å²) in [5.74, 6) is 0.140. The number of imidazole rings is 1. The molecule has 6 rings (SSSR count). The van der Waals surface area contributed by atoms with Crippen LogP contribution in [0.2, 0.25) is 0 Å². The minimum atomic E-state index is -0.872. The lowest BCUT2D eigenvalue weighted by molar-refractivity contribution is 0.0268. The molecule has 1 aromatic carbocycles. The van der Waals surface area contributed by atoms with Crippen molar-refractivity contribution < 1.29 is 24.2 Å². The van der Waals surface area contributed by atoms with Crippen LogP contribution in [0.1, 0.15) is 55.3 Å². The molecular weight excluding hydrogens is 574 g/mol. The Kier molecular flexibility index (Phi) is 7.92. The fourth-order valence-electron chi connectivity index (χ4n) is 5.53. The summed E-state index contributed by atoms with van der Waals surface area (Å²) in [6, 6.07) is 15.1. The first-order valence-corrected chi connectivity index (χ1v) is 15.0. The number of hydrogen-bond donors (Lipinski definition) is 2. The maximum Gasteiger partial charge on any atom is 0.410 e. The lowest BCUT2D eigenvalue weighted by Crippen LogP contribution is -2.36. The zero-order chi connectivity index (χ0) is 31.9. The SMILES string of the molecule is CCc1nn(Cc2cccc(C)n2)c2cccc(NC(=O)c3cnc4cc(OC5CN(C(=O)OC(C)(C)C)CC5O)ccn34)c12. The molecule has 1 saturated heterocycles. The number of aliphatic hydroxyl groups excluding tert-OH is 1. The molecule has 0 radical (unpaired) electrons. The van der Waals surface area contributed by atoms with Gasteiger partial charge in [-0.3, -0.25) is 18.9 Å². The Balaban J connectivity index is 1.19. The average Bonchev–Trinajstić information content (AvgIpc) is 3.68. The van der Waals surface area contributed by atoms with E-state index in [-0.39, 0.29) is 19.0 Å². The number of nitrogens with one attached hydrogen (secondary N) is 1. The second kappa shape index (κ2) is 11.8. The number of pyridine rings is 2. The quantitative estimate of drug-likeness (QED) is 0.272. The number of hydrogen-bond acceptors (Lipinski definition) is 8. The van der Waals surface area contributed by atoms with Crippen molar-refractivity contribution in [2.75, 3.05) is 18.4 Å². The molecule has 5 heterocycles.